The van der Waals surface area contributed by atoms with Crippen LogP contribution in [0.2, 0.25) is 0 Å². The molecule has 36 heavy (non-hydrogen) atoms. The van der Waals surface area contributed by atoms with E-state index in [1.807, 2.05) is 27.7 Å². The Labute approximate surface area is 210 Å². The third-order valence-corrected chi connectivity index (χ3v) is 6.64. The zero-order chi connectivity index (χ0) is 26.7. The maximum Gasteiger partial charge on any atom is 0.494 e. The summed E-state index contributed by atoms with van der Waals surface area (Å²) in [7, 11) is -0.546. The minimum Gasteiger partial charge on any atom is -0.480 e. The van der Waals surface area contributed by atoms with Gasteiger partial charge in [0.05, 0.1) is 11.2 Å². The lowest BCUT2D eigenvalue weighted by atomic mass is 9.78. The number of hydrogen-bond acceptors (Lipinski definition) is 5. The third kappa shape index (κ3) is 6.50. The Morgan fingerprint density at radius 3 is 2.03 bits per heavy atom. The van der Waals surface area contributed by atoms with Crippen LogP contribution in [0.15, 0.2) is 48.5 Å². The molecule has 0 saturated carbocycles. The maximum atomic E-state index is 14.1. The van der Waals surface area contributed by atoms with Crippen molar-refractivity contribution in [2.45, 2.75) is 70.7 Å². The van der Waals surface area contributed by atoms with E-state index in [1.165, 1.54) is 25.1 Å². The van der Waals surface area contributed by atoms with Gasteiger partial charge in [-0.05, 0) is 50.4 Å². The van der Waals surface area contributed by atoms with Gasteiger partial charge in [0.1, 0.15) is 17.9 Å². The Kier molecular flexibility index (Phi) is 8.21. The van der Waals surface area contributed by atoms with Crippen molar-refractivity contribution < 1.29 is 33.2 Å². The molecule has 0 aromatic heterocycles. The van der Waals surface area contributed by atoms with Crippen LogP contribution in [0.25, 0.3) is 0 Å². The van der Waals surface area contributed by atoms with Gasteiger partial charge >= 0.3 is 13.1 Å². The van der Waals surface area contributed by atoms with Crippen LogP contribution in [-0.2, 0) is 36.5 Å². The minimum absolute atomic E-state index is 0.0111. The van der Waals surface area contributed by atoms with Crippen LogP contribution < -0.4 is 16.1 Å². The van der Waals surface area contributed by atoms with Gasteiger partial charge in [-0.3, -0.25) is 9.59 Å². The van der Waals surface area contributed by atoms with Gasteiger partial charge in [0.15, 0.2) is 0 Å². The summed E-state index contributed by atoms with van der Waals surface area (Å²) in [5, 5.41) is 14.7. The molecule has 3 N–H and O–H groups in total. The summed E-state index contributed by atoms with van der Waals surface area (Å²) >= 11 is 0. The fraction of sp³-hybridized carbons (Fsp3) is 0.423. The molecule has 0 radical (unpaired) electrons. The summed E-state index contributed by atoms with van der Waals surface area (Å²) in [5.74, 6) is -2.95. The van der Waals surface area contributed by atoms with Gasteiger partial charge in [-0.25, -0.2) is 9.18 Å². The van der Waals surface area contributed by atoms with E-state index in [0.717, 1.165) is 5.46 Å². The average molecular weight is 498 g/mol. The molecule has 2 aromatic carbocycles. The van der Waals surface area contributed by atoms with Crippen molar-refractivity contribution >= 4 is 30.4 Å². The maximum absolute atomic E-state index is 14.1. The molecule has 0 bridgehead atoms. The molecule has 2 atom stereocenters. The summed E-state index contributed by atoms with van der Waals surface area (Å²) < 4.78 is 26.2. The van der Waals surface area contributed by atoms with E-state index in [0.29, 0.717) is 5.56 Å². The number of halogens is 1. The number of amides is 2. The third-order valence-electron chi connectivity index (χ3n) is 6.64. The van der Waals surface area contributed by atoms with Gasteiger partial charge in [-0.15, -0.1) is 0 Å². The summed E-state index contributed by atoms with van der Waals surface area (Å²) in [6.07, 6.45) is -0.107. The lowest BCUT2D eigenvalue weighted by molar-refractivity contribution is -0.142. The average Bonchev–Trinajstić information content (AvgIpc) is 3.01. The highest BCUT2D eigenvalue weighted by molar-refractivity contribution is 6.62. The monoisotopic (exact) mass is 498 g/mol. The molecule has 3 rings (SSSR count). The Morgan fingerprint density at radius 1 is 0.917 bits per heavy atom. The summed E-state index contributed by atoms with van der Waals surface area (Å²) in [4.78, 5) is 36.5. The minimum atomic E-state index is -1.25. The first-order valence-electron chi connectivity index (χ1n) is 11.8. The number of rotatable bonds is 9. The van der Waals surface area contributed by atoms with Crippen LogP contribution in [0.3, 0.4) is 0 Å². The Hall–Kier alpha value is -3.24. The number of benzene rings is 2. The molecule has 8 nitrogen and oxygen atoms in total. The molecule has 2 amide bonds. The second kappa shape index (κ2) is 10.8. The molecule has 1 fully saturated rings. The lowest BCUT2D eigenvalue weighted by Gasteiger charge is -2.32. The van der Waals surface area contributed by atoms with Crippen molar-refractivity contribution in [3.63, 3.8) is 0 Å². The van der Waals surface area contributed by atoms with E-state index in [2.05, 4.69) is 10.6 Å². The van der Waals surface area contributed by atoms with Gasteiger partial charge in [0.25, 0.3) is 0 Å². The molecular formula is C26H32BFN2O6. The highest BCUT2D eigenvalue weighted by Crippen LogP contribution is 2.36. The Bertz CT molecular complexity index is 1110. The quantitative estimate of drug-likeness (QED) is 0.456. The molecule has 1 aliphatic rings. The molecule has 2 aromatic rings. The number of hydrogen-bond donors (Lipinski definition) is 3. The summed E-state index contributed by atoms with van der Waals surface area (Å²) in [6.45, 7) is 9.07. The highest BCUT2D eigenvalue weighted by Gasteiger charge is 2.51. The van der Waals surface area contributed by atoms with Gasteiger partial charge in [-0.2, -0.15) is 0 Å². The Morgan fingerprint density at radius 2 is 1.50 bits per heavy atom. The zero-order valence-electron chi connectivity index (χ0n) is 21.1. The van der Waals surface area contributed by atoms with Crippen molar-refractivity contribution in [3.05, 3.63) is 65.5 Å². The van der Waals surface area contributed by atoms with E-state index in [9.17, 15) is 23.9 Å². The van der Waals surface area contributed by atoms with E-state index in [1.54, 1.807) is 30.3 Å². The highest BCUT2D eigenvalue weighted by atomic mass is 19.1. The molecule has 0 spiro atoms. The van der Waals surface area contributed by atoms with Crippen molar-refractivity contribution in [1.82, 2.24) is 10.6 Å². The van der Waals surface area contributed by atoms with Crippen LogP contribution in [0, 0.1) is 5.82 Å². The van der Waals surface area contributed by atoms with E-state index < -0.39 is 54.0 Å². The predicted octanol–water partition coefficient (Wildman–Crippen LogP) is 1.98. The van der Waals surface area contributed by atoms with Crippen LogP contribution in [0.1, 0.15) is 45.7 Å². The van der Waals surface area contributed by atoms with Gasteiger partial charge in [0, 0.05) is 19.8 Å². The number of carbonyl (C=O) groups excluding carboxylic acids is 2. The normalized spacial score (nSPS) is 17.8. The van der Waals surface area contributed by atoms with Gasteiger partial charge < -0.3 is 25.0 Å². The Balaban J connectivity index is 1.69. The number of carbonyl (C=O) groups is 3. The van der Waals surface area contributed by atoms with Crippen LogP contribution in [0.4, 0.5) is 4.39 Å². The molecule has 10 heteroatoms. The molecule has 0 unspecified atom stereocenters. The zero-order valence-corrected chi connectivity index (χ0v) is 21.1. The van der Waals surface area contributed by atoms with Crippen molar-refractivity contribution in [2.75, 3.05) is 0 Å². The number of carboxylic acids is 1. The molecule has 1 heterocycles. The van der Waals surface area contributed by atoms with Gasteiger partial charge in [-0.1, -0.05) is 42.5 Å². The summed E-state index contributed by atoms with van der Waals surface area (Å²) in [6, 6.07) is 10.6. The molecule has 0 aliphatic carbocycles. The second-order valence-electron chi connectivity index (χ2n) is 9.98. The topological polar surface area (TPSA) is 114 Å². The first kappa shape index (κ1) is 27.4. The number of nitrogens with one attached hydrogen (secondary N) is 2. The fourth-order valence-corrected chi connectivity index (χ4v) is 3.84. The first-order chi connectivity index (χ1) is 16.8. The van der Waals surface area contributed by atoms with Crippen LogP contribution in [0.5, 0.6) is 0 Å². The molecule has 1 saturated heterocycles. The van der Waals surface area contributed by atoms with E-state index in [-0.39, 0.29) is 18.4 Å². The van der Waals surface area contributed by atoms with Crippen LogP contribution >= 0.6 is 0 Å². The fourth-order valence-electron chi connectivity index (χ4n) is 3.84. The largest absolute Gasteiger partial charge is 0.494 e. The smallest absolute Gasteiger partial charge is 0.480 e. The SMILES string of the molecule is CC(=O)N[C@H](Cc1ccccc1F)C(=O)N[C@@H](Cc1ccc(B2OC(C)(C)C(C)(C)O2)cc1)C(=O)O. The van der Waals surface area contributed by atoms with E-state index >= 15 is 0 Å². The standard InChI is InChI=1S/C26H32BFN2O6/c1-16(31)29-21(15-18-8-6-7-9-20(18)28)23(32)30-22(24(33)34)14-17-10-12-19(13-11-17)27-35-25(2,3)26(4,5)36-27/h6-13,21-22H,14-15H2,1-5H3,(H,29,31)(H,30,32)(H,33,34)/t21-,22+/m1/s1. The van der Waals surface area contributed by atoms with Crippen molar-refractivity contribution in [3.8, 4) is 0 Å². The molecular weight excluding hydrogens is 466 g/mol. The van der Waals surface area contributed by atoms with Gasteiger partial charge in [0.2, 0.25) is 11.8 Å². The second-order valence-corrected chi connectivity index (χ2v) is 9.98. The molecule has 1 aliphatic heterocycles. The van der Waals surface area contributed by atoms with E-state index in [4.69, 9.17) is 9.31 Å². The number of carboxylic acid groups (broad SMARTS) is 1. The van der Waals surface area contributed by atoms with Crippen LogP contribution in [-0.4, -0.2) is 53.3 Å². The molecule has 192 valence electrons. The lowest BCUT2D eigenvalue weighted by Crippen LogP contribution is -2.52. The van der Waals surface area contributed by atoms with Crippen molar-refractivity contribution in [2.24, 2.45) is 0 Å². The summed E-state index contributed by atoms with van der Waals surface area (Å²) in [5.41, 5.74) is 0.734. The number of aliphatic carboxylic acids is 1. The first-order valence-corrected chi connectivity index (χ1v) is 11.8. The van der Waals surface area contributed by atoms with Crippen molar-refractivity contribution in [1.29, 1.82) is 0 Å². The predicted molar refractivity (Wildman–Crippen MR) is 133 cm³/mol.